The molecule has 0 aliphatic carbocycles. The molecule has 4 rings (SSSR count). The molecule has 1 fully saturated rings. The van der Waals surface area contributed by atoms with E-state index < -0.39 is 25.2 Å². The lowest BCUT2D eigenvalue weighted by molar-refractivity contribution is 0.400. The number of rotatable bonds is 5. The van der Waals surface area contributed by atoms with Gasteiger partial charge in [-0.25, -0.2) is 16.8 Å². The monoisotopic (exact) mass is 513 g/mol. The summed E-state index contributed by atoms with van der Waals surface area (Å²) < 4.78 is 55.8. The van der Waals surface area contributed by atoms with Gasteiger partial charge < -0.3 is 4.90 Å². The van der Waals surface area contributed by atoms with Crippen LogP contribution in [0.2, 0.25) is 0 Å². The number of benzene rings is 3. The minimum Gasteiger partial charge on any atom is -0.369 e. The number of nitrogens with one attached hydrogen (secondary N) is 1. The summed E-state index contributed by atoms with van der Waals surface area (Å²) >= 11 is 0. The lowest BCUT2D eigenvalue weighted by Crippen LogP contribution is -2.48. The molecule has 1 atom stereocenters. The number of nitrogens with zero attached hydrogens (tertiary/aromatic N) is 2. The van der Waals surface area contributed by atoms with Gasteiger partial charge in [-0.3, -0.25) is 5.32 Å². The molecule has 1 unspecified atom stereocenters. The molecule has 1 heterocycles. The summed E-state index contributed by atoms with van der Waals surface area (Å²) in [5.41, 5.74) is 2.86. The van der Waals surface area contributed by atoms with E-state index in [0.717, 1.165) is 16.8 Å². The van der Waals surface area contributed by atoms with Gasteiger partial charge in [0.15, 0.2) is 9.84 Å². The molecule has 1 saturated heterocycles. The van der Waals surface area contributed by atoms with Crippen LogP contribution in [-0.2, 0) is 19.9 Å². The maximum Gasteiger partial charge on any atom is 0.243 e. The normalized spacial score (nSPS) is 18.5. The van der Waals surface area contributed by atoms with Crippen molar-refractivity contribution in [3.63, 3.8) is 0 Å². The van der Waals surface area contributed by atoms with E-state index in [1.165, 1.54) is 4.31 Å². The van der Waals surface area contributed by atoms with Crippen molar-refractivity contribution in [3.05, 3.63) is 90.0 Å². The Morgan fingerprint density at radius 3 is 1.89 bits per heavy atom. The molecule has 0 aromatic heterocycles. The molecule has 0 saturated carbocycles. The second-order valence-corrected chi connectivity index (χ2v) is 12.9. The van der Waals surface area contributed by atoms with E-state index >= 15 is 0 Å². The molecule has 9 heteroatoms. The highest BCUT2D eigenvalue weighted by molar-refractivity contribution is 7.92. The molecule has 3 aromatic rings. The van der Waals surface area contributed by atoms with Gasteiger partial charge in [0.2, 0.25) is 10.0 Å². The second kappa shape index (κ2) is 10.5. The number of sulfone groups is 1. The molecular formula is C26H31N3O4S2. The fraction of sp³-hybridized carbons (Fsp3) is 0.308. The van der Waals surface area contributed by atoms with Crippen molar-refractivity contribution in [2.45, 2.75) is 29.0 Å². The summed E-state index contributed by atoms with van der Waals surface area (Å²) in [4.78, 5) is 2.40. The van der Waals surface area contributed by atoms with Gasteiger partial charge in [-0.15, -0.1) is 0 Å². The van der Waals surface area contributed by atoms with Gasteiger partial charge in [0.1, 0.15) is 5.37 Å². The molecule has 0 spiro atoms. The number of sulfonamides is 1. The van der Waals surface area contributed by atoms with Crippen LogP contribution in [0, 0.1) is 13.8 Å². The Hall–Kier alpha value is -2.72. The molecule has 0 radical (unpaired) electrons. The summed E-state index contributed by atoms with van der Waals surface area (Å²) in [7, 11) is -7.75. The number of anilines is 1. The van der Waals surface area contributed by atoms with Gasteiger partial charge in [0, 0.05) is 38.4 Å². The quantitative estimate of drug-likeness (QED) is 0.564. The van der Waals surface area contributed by atoms with Crippen molar-refractivity contribution in [1.29, 1.82) is 0 Å². The van der Waals surface area contributed by atoms with E-state index in [1.807, 2.05) is 44.2 Å². The van der Waals surface area contributed by atoms with Crippen LogP contribution in [0.1, 0.15) is 11.1 Å². The SMILES string of the molecule is Cc1ccc(S(=O)(=O)C2CN(S(=O)(=O)c3ccc(C)cc3)CCN(c3ccccc3)CCN2)cc1. The molecule has 1 aliphatic rings. The first-order valence-electron chi connectivity index (χ1n) is 11.6. The van der Waals surface area contributed by atoms with Crippen LogP contribution in [-0.4, -0.2) is 59.2 Å². The predicted molar refractivity (Wildman–Crippen MR) is 139 cm³/mol. The average molecular weight is 514 g/mol. The first-order chi connectivity index (χ1) is 16.7. The third-order valence-corrected chi connectivity index (χ3v) is 10.1. The zero-order chi connectivity index (χ0) is 25.1. The summed E-state index contributed by atoms with van der Waals surface area (Å²) in [5.74, 6) is 0. The molecule has 1 N–H and O–H groups in total. The molecule has 186 valence electrons. The minimum atomic E-state index is -3.92. The molecule has 0 bridgehead atoms. The van der Waals surface area contributed by atoms with Crippen molar-refractivity contribution in [2.24, 2.45) is 0 Å². The van der Waals surface area contributed by atoms with Crippen LogP contribution in [0.15, 0.2) is 88.7 Å². The number of aryl methyl sites for hydroxylation is 2. The highest BCUT2D eigenvalue weighted by atomic mass is 32.2. The zero-order valence-corrected chi connectivity index (χ0v) is 21.6. The Morgan fingerprint density at radius 1 is 0.714 bits per heavy atom. The summed E-state index contributed by atoms with van der Waals surface area (Å²) in [5, 5.41) is 2.06. The Morgan fingerprint density at radius 2 is 1.29 bits per heavy atom. The van der Waals surface area contributed by atoms with Crippen LogP contribution < -0.4 is 10.2 Å². The van der Waals surface area contributed by atoms with Crippen LogP contribution in [0.3, 0.4) is 0 Å². The van der Waals surface area contributed by atoms with Gasteiger partial charge in [-0.2, -0.15) is 4.31 Å². The first-order valence-corrected chi connectivity index (χ1v) is 14.6. The van der Waals surface area contributed by atoms with Gasteiger partial charge >= 0.3 is 0 Å². The summed E-state index contributed by atoms with van der Waals surface area (Å²) in [6.45, 7) is 5.13. The number of hydrogen-bond acceptors (Lipinski definition) is 6. The highest BCUT2D eigenvalue weighted by Gasteiger charge is 2.35. The Kier molecular flexibility index (Phi) is 7.61. The van der Waals surface area contributed by atoms with E-state index in [2.05, 4.69) is 10.2 Å². The Bertz CT molecular complexity index is 1340. The molecule has 0 amide bonds. The first kappa shape index (κ1) is 25.4. The smallest absolute Gasteiger partial charge is 0.243 e. The van der Waals surface area contributed by atoms with Gasteiger partial charge in [0.25, 0.3) is 0 Å². The third kappa shape index (κ3) is 5.75. The van der Waals surface area contributed by atoms with E-state index in [9.17, 15) is 16.8 Å². The fourth-order valence-corrected chi connectivity index (χ4v) is 7.22. The van der Waals surface area contributed by atoms with Crippen molar-refractivity contribution in [2.75, 3.05) is 37.6 Å². The van der Waals surface area contributed by atoms with E-state index in [1.54, 1.807) is 48.5 Å². The predicted octanol–water partition coefficient (Wildman–Crippen LogP) is 3.20. The Balaban J connectivity index is 1.71. The Labute approximate surface area is 208 Å². The van der Waals surface area contributed by atoms with E-state index in [0.29, 0.717) is 19.6 Å². The maximum atomic E-state index is 13.7. The van der Waals surface area contributed by atoms with Gasteiger partial charge in [-0.1, -0.05) is 53.6 Å². The topological polar surface area (TPSA) is 86.8 Å². The van der Waals surface area contributed by atoms with Crippen molar-refractivity contribution >= 4 is 25.5 Å². The van der Waals surface area contributed by atoms with Crippen LogP contribution >= 0.6 is 0 Å². The fourth-order valence-electron chi connectivity index (χ4n) is 4.12. The summed E-state index contributed by atoms with van der Waals surface area (Å²) in [6, 6.07) is 23.0. The van der Waals surface area contributed by atoms with E-state index in [4.69, 9.17) is 0 Å². The third-order valence-electron chi connectivity index (χ3n) is 6.25. The summed E-state index contributed by atoms with van der Waals surface area (Å²) in [6.07, 6.45) is 0. The molecule has 7 nitrogen and oxygen atoms in total. The van der Waals surface area contributed by atoms with Crippen LogP contribution in [0.4, 0.5) is 5.69 Å². The lowest BCUT2D eigenvalue weighted by Gasteiger charge is -2.28. The number of hydrogen-bond donors (Lipinski definition) is 1. The highest BCUT2D eigenvalue weighted by Crippen LogP contribution is 2.23. The minimum absolute atomic E-state index is 0.153. The molecular weight excluding hydrogens is 482 g/mol. The zero-order valence-electron chi connectivity index (χ0n) is 20.0. The lowest BCUT2D eigenvalue weighted by atomic mass is 10.2. The number of para-hydroxylation sites is 1. The maximum absolute atomic E-state index is 13.7. The standard InChI is InChI=1S/C26H31N3O4S2/c1-21-8-12-24(13-9-21)34(30,31)26-20-29(35(32,33)25-14-10-22(2)11-15-25)19-18-28(17-16-27-26)23-6-4-3-5-7-23/h3-15,26-27H,16-20H2,1-2H3. The molecule has 3 aromatic carbocycles. The second-order valence-electron chi connectivity index (χ2n) is 8.80. The van der Waals surface area contributed by atoms with E-state index in [-0.39, 0.29) is 22.9 Å². The van der Waals surface area contributed by atoms with Gasteiger partial charge in [-0.05, 0) is 50.2 Å². The van der Waals surface area contributed by atoms with Crippen molar-refractivity contribution in [1.82, 2.24) is 9.62 Å². The molecule has 1 aliphatic heterocycles. The largest absolute Gasteiger partial charge is 0.369 e. The average Bonchev–Trinajstić information content (AvgIpc) is 2.96. The van der Waals surface area contributed by atoms with Crippen molar-refractivity contribution < 1.29 is 16.8 Å². The van der Waals surface area contributed by atoms with Gasteiger partial charge in [0.05, 0.1) is 9.79 Å². The van der Waals surface area contributed by atoms with Crippen molar-refractivity contribution in [3.8, 4) is 0 Å². The van der Waals surface area contributed by atoms with Crippen LogP contribution in [0.5, 0.6) is 0 Å². The molecule has 35 heavy (non-hydrogen) atoms. The van der Waals surface area contributed by atoms with Crippen LogP contribution in [0.25, 0.3) is 0 Å².